The highest BCUT2D eigenvalue weighted by molar-refractivity contribution is 5.78. The van der Waals surface area contributed by atoms with Gasteiger partial charge in [-0.05, 0) is 50.0 Å². The number of methoxy groups -OCH3 is 1. The Balaban J connectivity index is 1.87. The van der Waals surface area contributed by atoms with Gasteiger partial charge in [-0.3, -0.25) is 4.79 Å². The maximum atomic E-state index is 11.9. The molecule has 1 fully saturated rings. The Hall–Kier alpha value is -2.01. The normalized spacial score (nSPS) is 15.1. The molecule has 120 valence electrons. The maximum absolute atomic E-state index is 11.9. The van der Waals surface area contributed by atoms with Crippen LogP contribution in [-0.2, 0) is 11.2 Å². The molecule has 1 aromatic carbocycles. The number of allylic oxidation sites excluding steroid dienone is 1. The Labute approximate surface area is 131 Å². The van der Waals surface area contributed by atoms with Crippen LogP contribution >= 0.6 is 0 Å². The molecule has 1 aromatic rings. The molecule has 0 saturated carbocycles. The molecule has 2 rings (SSSR count). The van der Waals surface area contributed by atoms with E-state index < -0.39 is 0 Å². The lowest BCUT2D eigenvalue weighted by atomic mass is 10.1. The third-order valence-corrected chi connectivity index (χ3v) is 3.67. The Morgan fingerprint density at radius 2 is 2.18 bits per heavy atom. The van der Waals surface area contributed by atoms with Crippen molar-refractivity contribution in [3.8, 4) is 11.5 Å². The summed E-state index contributed by atoms with van der Waals surface area (Å²) < 4.78 is 10.9. The van der Waals surface area contributed by atoms with E-state index in [1.807, 2.05) is 24.3 Å². The van der Waals surface area contributed by atoms with Crippen LogP contribution in [0.2, 0.25) is 0 Å². The van der Waals surface area contributed by atoms with E-state index in [4.69, 9.17) is 9.47 Å². The largest absolute Gasteiger partial charge is 0.493 e. The highest BCUT2D eigenvalue weighted by Crippen LogP contribution is 2.28. The van der Waals surface area contributed by atoms with Gasteiger partial charge >= 0.3 is 0 Å². The fourth-order valence-corrected chi connectivity index (χ4v) is 2.50. The molecule has 1 heterocycles. The number of rotatable bonds is 7. The molecule has 1 aliphatic rings. The molecule has 1 saturated heterocycles. The van der Waals surface area contributed by atoms with Crippen molar-refractivity contribution in [2.24, 2.45) is 0 Å². The second-order valence-electron chi connectivity index (χ2n) is 5.36. The summed E-state index contributed by atoms with van der Waals surface area (Å²) in [5, 5.41) is 6.27. The van der Waals surface area contributed by atoms with Crippen molar-refractivity contribution in [1.82, 2.24) is 10.6 Å². The minimum atomic E-state index is -0.0934. The van der Waals surface area contributed by atoms with E-state index in [2.05, 4.69) is 17.2 Å². The van der Waals surface area contributed by atoms with Crippen LogP contribution in [0.15, 0.2) is 30.9 Å². The molecule has 0 radical (unpaired) electrons. The van der Waals surface area contributed by atoms with Crippen molar-refractivity contribution in [2.75, 3.05) is 26.8 Å². The van der Waals surface area contributed by atoms with Gasteiger partial charge in [0.05, 0.1) is 7.11 Å². The molecule has 2 N–H and O–H groups in total. The molecule has 0 atom stereocenters. The first-order valence-corrected chi connectivity index (χ1v) is 7.63. The van der Waals surface area contributed by atoms with Crippen molar-refractivity contribution in [3.05, 3.63) is 36.4 Å². The van der Waals surface area contributed by atoms with Gasteiger partial charge in [-0.1, -0.05) is 12.1 Å². The van der Waals surface area contributed by atoms with Gasteiger partial charge in [0.2, 0.25) is 0 Å². The molecule has 0 unspecified atom stereocenters. The molecule has 22 heavy (non-hydrogen) atoms. The van der Waals surface area contributed by atoms with E-state index in [1.54, 1.807) is 7.11 Å². The lowest BCUT2D eigenvalue weighted by Crippen LogP contribution is -2.44. The van der Waals surface area contributed by atoms with E-state index in [1.165, 1.54) is 0 Å². The fraction of sp³-hybridized carbons (Fsp3) is 0.471. The zero-order valence-electron chi connectivity index (χ0n) is 13.1. The first-order chi connectivity index (χ1) is 10.7. The summed E-state index contributed by atoms with van der Waals surface area (Å²) in [5.74, 6) is 1.12. The SMILES string of the molecule is C=CCc1ccc(OCC(=O)NC2CCNCC2)c(OC)c1. The summed E-state index contributed by atoms with van der Waals surface area (Å²) in [6.45, 7) is 5.62. The van der Waals surface area contributed by atoms with Crippen molar-refractivity contribution in [3.63, 3.8) is 0 Å². The van der Waals surface area contributed by atoms with Crippen LogP contribution in [0.4, 0.5) is 0 Å². The standard InChI is InChI=1S/C17H24N2O3/c1-3-4-13-5-6-15(16(11-13)21-2)22-12-17(20)19-14-7-9-18-10-8-14/h3,5-6,11,14,18H,1,4,7-10,12H2,2H3,(H,19,20). The van der Waals surface area contributed by atoms with Gasteiger partial charge in [0.15, 0.2) is 18.1 Å². The van der Waals surface area contributed by atoms with Crippen LogP contribution < -0.4 is 20.1 Å². The van der Waals surface area contributed by atoms with Gasteiger partial charge in [-0.25, -0.2) is 0 Å². The molecule has 5 heteroatoms. The number of hydrogen-bond donors (Lipinski definition) is 2. The molecule has 1 aliphatic heterocycles. The summed E-state index contributed by atoms with van der Waals surface area (Å²) in [6, 6.07) is 5.93. The molecule has 1 amide bonds. The highest BCUT2D eigenvalue weighted by atomic mass is 16.5. The van der Waals surface area contributed by atoms with Gasteiger partial charge in [-0.2, -0.15) is 0 Å². The zero-order valence-corrected chi connectivity index (χ0v) is 13.1. The topological polar surface area (TPSA) is 59.6 Å². The van der Waals surface area contributed by atoms with Crippen LogP contribution in [0.1, 0.15) is 18.4 Å². The number of amides is 1. The molecule has 0 spiro atoms. The number of carbonyl (C=O) groups excluding carboxylic acids is 1. The second-order valence-corrected chi connectivity index (χ2v) is 5.36. The van der Waals surface area contributed by atoms with Gasteiger partial charge in [0.25, 0.3) is 5.91 Å². The van der Waals surface area contributed by atoms with E-state index in [0.29, 0.717) is 11.5 Å². The average Bonchev–Trinajstić information content (AvgIpc) is 2.54. The molecule has 0 aromatic heterocycles. The lowest BCUT2D eigenvalue weighted by molar-refractivity contribution is -0.124. The van der Waals surface area contributed by atoms with Gasteiger partial charge < -0.3 is 20.1 Å². The first kappa shape index (κ1) is 16.4. The summed E-state index contributed by atoms with van der Waals surface area (Å²) in [5.41, 5.74) is 1.10. The molecule has 0 bridgehead atoms. The summed E-state index contributed by atoms with van der Waals surface area (Å²) in [7, 11) is 1.59. The second kappa shape index (κ2) is 8.44. The summed E-state index contributed by atoms with van der Waals surface area (Å²) >= 11 is 0. The Morgan fingerprint density at radius 3 is 2.86 bits per heavy atom. The quantitative estimate of drug-likeness (QED) is 0.752. The van der Waals surface area contributed by atoms with Crippen LogP contribution in [0, 0.1) is 0 Å². The number of ether oxygens (including phenoxy) is 2. The van der Waals surface area contributed by atoms with Crippen molar-refractivity contribution >= 4 is 5.91 Å². The van der Waals surface area contributed by atoms with Crippen molar-refractivity contribution < 1.29 is 14.3 Å². The maximum Gasteiger partial charge on any atom is 0.258 e. The smallest absolute Gasteiger partial charge is 0.258 e. The lowest BCUT2D eigenvalue weighted by Gasteiger charge is -2.23. The van der Waals surface area contributed by atoms with E-state index in [9.17, 15) is 4.79 Å². The van der Waals surface area contributed by atoms with E-state index in [-0.39, 0.29) is 18.6 Å². The van der Waals surface area contributed by atoms with Gasteiger partial charge in [0, 0.05) is 6.04 Å². The predicted octanol–water partition coefficient (Wildman–Crippen LogP) is 1.67. The average molecular weight is 304 g/mol. The van der Waals surface area contributed by atoms with Gasteiger partial charge in [-0.15, -0.1) is 6.58 Å². The Bertz CT molecular complexity index is 511. The van der Waals surface area contributed by atoms with Crippen LogP contribution in [0.5, 0.6) is 11.5 Å². The number of nitrogens with one attached hydrogen (secondary N) is 2. The third-order valence-electron chi connectivity index (χ3n) is 3.67. The summed E-state index contributed by atoms with van der Waals surface area (Å²) in [4.78, 5) is 11.9. The molecule has 5 nitrogen and oxygen atoms in total. The van der Waals surface area contributed by atoms with E-state index >= 15 is 0 Å². The van der Waals surface area contributed by atoms with Crippen LogP contribution in [-0.4, -0.2) is 38.8 Å². The monoisotopic (exact) mass is 304 g/mol. The van der Waals surface area contributed by atoms with E-state index in [0.717, 1.165) is 37.9 Å². The molecule has 0 aliphatic carbocycles. The number of benzene rings is 1. The Kier molecular flexibility index (Phi) is 6.27. The van der Waals surface area contributed by atoms with Crippen molar-refractivity contribution in [2.45, 2.75) is 25.3 Å². The minimum absolute atomic E-state index is 0.00108. The number of hydrogen-bond acceptors (Lipinski definition) is 4. The molecular weight excluding hydrogens is 280 g/mol. The first-order valence-electron chi connectivity index (χ1n) is 7.63. The van der Waals surface area contributed by atoms with Crippen LogP contribution in [0.25, 0.3) is 0 Å². The number of piperidine rings is 1. The Morgan fingerprint density at radius 1 is 1.41 bits per heavy atom. The van der Waals surface area contributed by atoms with Crippen molar-refractivity contribution in [1.29, 1.82) is 0 Å². The molecular formula is C17H24N2O3. The van der Waals surface area contributed by atoms with Gasteiger partial charge in [0.1, 0.15) is 0 Å². The zero-order chi connectivity index (χ0) is 15.8. The summed E-state index contributed by atoms with van der Waals surface area (Å²) in [6.07, 6.45) is 4.53. The van der Waals surface area contributed by atoms with Crippen LogP contribution in [0.3, 0.4) is 0 Å². The highest BCUT2D eigenvalue weighted by Gasteiger charge is 2.16. The predicted molar refractivity (Wildman–Crippen MR) is 86.4 cm³/mol. The fourth-order valence-electron chi connectivity index (χ4n) is 2.50. The minimum Gasteiger partial charge on any atom is -0.493 e. The number of carbonyl (C=O) groups is 1. The third kappa shape index (κ3) is 4.77.